The summed E-state index contributed by atoms with van der Waals surface area (Å²) in [6.45, 7) is 4.85. The van der Waals surface area contributed by atoms with Gasteiger partial charge in [0.1, 0.15) is 5.75 Å². The summed E-state index contributed by atoms with van der Waals surface area (Å²) < 4.78 is 5.60. The molecule has 7 heteroatoms. The first kappa shape index (κ1) is 20.1. The number of piperidine rings is 1. The quantitative estimate of drug-likeness (QED) is 0.628. The fourth-order valence-corrected chi connectivity index (χ4v) is 4.15. The van der Waals surface area contributed by atoms with Crippen LogP contribution in [0.4, 0.5) is 5.13 Å². The van der Waals surface area contributed by atoms with Crippen molar-refractivity contribution < 1.29 is 9.53 Å². The number of carbonyl (C=O) groups excluding carboxylic acids is 1. The molecule has 1 aliphatic heterocycles. The monoisotopic (exact) mass is 407 g/mol. The van der Waals surface area contributed by atoms with Gasteiger partial charge < -0.3 is 10.1 Å². The van der Waals surface area contributed by atoms with Crippen LogP contribution >= 0.6 is 22.9 Å². The van der Waals surface area contributed by atoms with E-state index in [0.29, 0.717) is 35.6 Å². The Hall–Kier alpha value is -1.63. The third kappa shape index (κ3) is 6.48. The van der Waals surface area contributed by atoms with Gasteiger partial charge in [-0.25, -0.2) is 4.98 Å². The SMILES string of the molecule is CC1CCCCN1Cc1cnc(NC(=O)CCCOc2ccc(Cl)cc2)s1. The summed E-state index contributed by atoms with van der Waals surface area (Å²) >= 11 is 7.40. The number of hydrogen-bond donors (Lipinski definition) is 1. The minimum Gasteiger partial charge on any atom is -0.494 e. The Kier molecular flexibility index (Phi) is 7.50. The number of likely N-dealkylation sites (tertiary alicyclic amines) is 1. The van der Waals surface area contributed by atoms with Crippen LogP contribution in [-0.4, -0.2) is 35.0 Å². The summed E-state index contributed by atoms with van der Waals surface area (Å²) in [6.07, 6.45) is 6.80. The van der Waals surface area contributed by atoms with Crippen molar-refractivity contribution in [3.63, 3.8) is 0 Å². The van der Waals surface area contributed by atoms with Gasteiger partial charge >= 0.3 is 0 Å². The van der Waals surface area contributed by atoms with E-state index >= 15 is 0 Å². The van der Waals surface area contributed by atoms with Gasteiger partial charge in [0, 0.05) is 35.1 Å². The Balaban J connectivity index is 1.36. The van der Waals surface area contributed by atoms with E-state index in [1.807, 2.05) is 18.3 Å². The summed E-state index contributed by atoms with van der Waals surface area (Å²) in [6, 6.07) is 7.84. The molecule has 2 heterocycles. The number of hydrogen-bond acceptors (Lipinski definition) is 5. The second kappa shape index (κ2) is 10.1. The van der Waals surface area contributed by atoms with Crippen LogP contribution in [0.1, 0.15) is 43.9 Å². The summed E-state index contributed by atoms with van der Waals surface area (Å²) in [5.74, 6) is 0.735. The smallest absolute Gasteiger partial charge is 0.226 e. The highest BCUT2D eigenvalue weighted by Crippen LogP contribution is 2.24. The number of anilines is 1. The van der Waals surface area contributed by atoms with Gasteiger partial charge in [0.25, 0.3) is 0 Å². The van der Waals surface area contributed by atoms with E-state index in [4.69, 9.17) is 16.3 Å². The van der Waals surface area contributed by atoms with Crippen LogP contribution in [0.15, 0.2) is 30.5 Å². The predicted molar refractivity (Wildman–Crippen MR) is 111 cm³/mol. The van der Waals surface area contributed by atoms with Crippen LogP contribution in [0.5, 0.6) is 5.75 Å². The number of halogens is 1. The molecule has 1 aromatic heterocycles. The molecule has 146 valence electrons. The van der Waals surface area contributed by atoms with E-state index in [1.165, 1.54) is 24.1 Å². The zero-order valence-corrected chi connectivity index (χ0v) is 17.2. The molecule has 5 nitrogen and oxygen atoms in total. The first-order chi connectivity index (χ1) is 13.1. The Bertz CT molecular complexity index is 735. The zero-order chi connectivity index (χ0) is 19.1. The lowest BCUT2D eigenvalue weighted by atomic mass is 10.0. The highest BCUT2D eigenvalue weighted by Gasteiger charge is 2.19. The number of benzene rings is 1. The largest absolute Gasteiger partial charge is 0.494 e. The van der Waals surface area contributed by atoms with Crippen molar-refractivity contribution >= 4 is 34.0 Å². The zero-order valence-electron chi connectivity index (χ0n) is 15.6. The Morgan fingerprint density at radius 2 is 2.19 bits per heavy atom. The first-order valence-corrected chi connectivity index (χ1v) is 10.7. The summed E-state index contributed by atoms with van der Waals surface area (Å²) in [4.78, 5) is 20.1. The van der Waals surface area contributed by atoms with Crippen LogP contribution in [-0.2, 0) is 11.3 Å². The van der Waals surface area contributed by atoms with Crippen LogP contribution in [0.3, 0.4) is 0 Å². The number of thiazole rings is 1. The number of carbonyl (C=O) groups is 1. The molecule has 0 bridgehead atoms. The number of aromatic nitrogens is 1. The van der Waals surface area contributed by atoms with E-state index in [9.17, 15) is 4.79 Å². The van der Waals surface area contributed by atoms with Crippen LogP contribution in [0.25, 0.3) is 0 Å². The fourth-order valence-electron chi connectivity index (χ4n) is 3.17. The van der Waals surface area contributed by atoms with Crippen LogP contribution in [0.2, 0.25) is 5.02 Å². The number of ether oxygens (including phenoxy) is 1. The van der Waals surface area contributed by atoms with Crippen molar-refractivity contribution in [3.8, 4) is 5.75 Å². The third-order valence-corrected chi connectivity index (χ3v) is 5.88. The molecule has 1 aromatic carbocycles. The van der Waals surface area contributed by atoms with Gasteiger partial charge in [0.15, 0.2) is 5.13 Å². The molecule has 2 aromatic rings. The average Bonchev–Trinajstić information content (AvgIpc) is 3.09. The fraction of sp³-hybridized carbons (Fsp3) is 0.500. The summed E-state index contributed by atoms with van der Waals surface area (Å²) in [7, 11) is 0. The van der Waals surface area contributed by atoms with Gasteiger partial charge in [-0.05, 0) is 57.0 Å². The van der Waals surface area contributed by atoms with E-state index in [0.717, 1.165) is 18.8 Å². The van der Waals surface area contributed by atoms with Crippen molar-refractivity contribution in [2.45, 2.75) is 51.6 Å². The minimum atomic E-state index is -0.0260. The maximum Gasteiger partial charge on any atom is 0.226 e. The Morgan fingerprint density at radius 1 is 1.37 bits per heavy atom. The molecule has 0 spiro atoms. The number of nitrogens with zero attached hydrogens (tertiary/aromatic N) is 2. The molecule has 0 radical (unpaired) electrons. The maximum atomic E-state index is 12.1. The molecule has 3 rings (SSSR count). The molecule has 1 fully saturated rings. The van der Waals surface area contributed by atoms with Crippen molar-refractivity contribution in [1.29, 1.82) is 0 Å². The molecule has 1 N–H and O–H groups in total. The molecule has 1 unspecified atom stereocenters. The second-order valence-electron chi connectivity index (χ2n) is 6.90. The van der Waals surface area contributed by atoms with Crippen molar-refractivity contribution in [2.24, 2.45) is 0 Å². The van der Waals surface area contributed by atoms with Crippen molar-refractivity contribution in [1.82, 2.24) is 9.88 Å². The number of rotatable bonds is 8. The van der Waals surface area contributed by atoms with Crippen LogP contribution in [0, 0.1) is 0 Å². The van der Waals surface area contributed by atoms with Gasteiger partial charge in [-0.2, -0.15) is 0 Å². The standard InChI is InChI=1S/C20H26ClN3O2S/c1-15-5-2-3-11-24(15)14-18-13-22-20(27-18)23-19(25)6-4-12-26-17-9-7-16(21)8-10-17/h7-10,13,15H,2-6,11-12,14H2,1H3,(H,22,23,25). The van der Waals surface area contributed by atoms with Gasteiger partial charge in [0.2, 0.25) is 5.91 Å². The lowest BCUT2D eigenvalue weighted by Crippen LogP contribution is -2.36. The molecule has 27 heavy (non-hydrogen) atoms. The molecule has 1 amide bonds. The van der Waals surface area contributed by atoms with Gasteiger partial charge in [0.05, 0.1) is 6.61 Å². The number of amides is 1. The first-order valence-electron chi connectivity index (χ1n) is 9.47. The molecule has 0 aliphatic carbocycles. The van der Waals surface area contributed by atoms with E-state index in [-0.39, 0.29) is 5.91 Å². The van der Waals surface area contributed by atoms with E-state index in [1.54, 1.807) is 23.5 Å². The average molecular weight is 408 g/mol. The highest BCUT2D eigenvalue weighted by atomic mass is 35.5. The van der Waals surface area contributed by atoms with E-state index < -0.39 is 0 Å². The normalized spacial score (nSPS) is 17.6. The predicted octanol–water partition coefficient (Wildman–Crippen LogP) is 4.97. The van der Waals surface area contributed by atoms with Gasteiger partial charge in [-0.3, -0.25) is 9.69 Å². The Labute approximate surface area is 169 Å². The van der Waals surface area contributed by atoms with Crippen LogP contribution < -0.4 is 10.1 Å². The van der Waals surface area contributed by atoms with Gasteiger partial charge in [-0.1, -0.05) is 18.0 Å². The van der Waals surface area contributed by atoms with Crippen molar-refractivity contribution in [3.05, 3.63) is 40.4 Å². The second-order valence-corrected chi connectivity index (χ2v) is 8.45. The Morgan fingerprint density at radius 3 is 2.96 bits per heavy atom. The molecular formula is C20H26ClN3O2S. The number of nitrogens with one attached hydrogen (secondary N) is 1. The molecule has 1 atom stereocenters. The highest BCUT2D eigenvalue weighted by molar-refractivity contribution is 7.15. The van der Waals surface area contributed by atoms with E-state index in [2.05, 4.69) is 22.1 Å². The minimum absolute atomic E-state index is 0.0260. The topological polar surface area (TPSA) is 54.5 Å². The lowest BCUT2D eigenvalue weighted by molar-refractivity contribution is -0.116. The third-order valence-electron chi connectivity index (χ3n) is 4.73. The lowest BCUT2D eigenvalue weighted by Gasteiger charge is -2.32. The maximum absolute atomic E-state index is 12.1. The molecular weight excluding hydrogens is 382 g/mol. The van der Waals surface area contributed by atoms with Crippen molar-refractivity contribution in [2.75, 3.05) is 18.5 Å². The summed E-state index contributed by atoms with van der Waals surface area (Å²) in [5.41, 5.74) is 0. The molecule has 1 saturated heterocycles. The molecule has 1 aliphatic rings. The van der Waals surface area contributed by atoms with Gasteiger partial charge in [-0.15, -0.1) is 11.3 Å². The molecule has 0 saturated carbocycles. The summed E-state index contributed by atoms with van der Waals surface area (Å²) in [5, 5.41) is 4.25.